The number of rotatable bonds is 3. The summed E-state index contributed by atoms with van der Waals surface area (Å²) in [7, 11) is 0. The average molecular weight is 190 g/mol. The van der Waals surface area contributed by atoms with Crippen LogP contribution in [-0.4, -0.2) is 13.1 Å². The van der Waals surface area contributed by atoms with Crippen molar-refractivity contribution in [3.8, 4) is 0 Å². The summed E-state index contributed by atoms with van der Waals surface area (Å²) in [6, 6.07) is 6.71. The van der Waals surface area contributed by atoms with E-state index in [9.17, 15) is 0 Å². The number of nitrogens with one attached hydrogen (secondary N) is 1. The lowest BCUT2D eigenvalue weighted by atomic mass is 9.94. The molecule has 2 nitrogen and oxygen atoms in total. The molecule has 0 fully saturated rings. The third kappa shape index (κ3) is 1.62. The Hall–Kier alpha value is -1.02. The molecule has 0 radical (unpaired) electrons. The predicted octanol–water partition coefficient (Wildman–Crippen LogP) is 2.11. The molecule has 1 atom stereocenters. The van der Waals surface area contributed by atoms with Crippen LogP contribution in [0.5, 0.6) is 0 Å². The predicted molar refractivity (Wildman–Crippen MR) is 60.7 cm³/mol. The fraction of sp³-hybridized carbons (Fsp3) is 0.500. The van der Waals surface area contributed by atoms with Gasteiger partial charge in [-0.1, -0.05) is 19.1 Å². The van der Waals surface area contributed by atoms with Crippen LogP contribution in [0.25, 0.3) is 0 Å². The summed E-state index contributed by atoms with van der Waals surface area (Å²) in [6.07, 6.45) is 2.28. The van der Waals surface area contributed by atoms with Crippen molar-refractivity contribution >= 4 is 5.69 Å². The second kappa shape index (κ2) is 4.01. The van der Waals surface area contributed by atoms with Crippen molar-refractivity contribution in [1.82, 2.24) is 0 Å². The normalized spacial score (nSPS) is 16.1. The lowest BCUT2D eigenvalue weighted by molar-refractivity contribution is 0.674. The zero-order valence-electron chi connectivity index (χ0n) is 8.72. The summed E-state index contributed by atoms with van der Waals surface area (Å²) in [5, 5.41) is 3.37. The molecule has 3 N–H and O–H groups in total. The molecule has 0 spiro atoms. The maximum atomic E-state index is 5.74. The first-order chi connectivity index (χ1) is 6.85. The molecule has 1 aliphatic rings. The molecule has 0 amide bonds. The Morgan fingerprint density at radius 1 is 1.50 bits per heavy atom. The quantitative estimate of drug-likeness (QED) is 0.766. The molecule has 2 rings (SSSR count). The van der Waals surface area contributed by atoms with Gasteiger partial charge in [0.2, 0.25) is 0 Å². The third-order valence-corrected chi connectivity index (χ3v) is 3.09. The van der Waals surface area contributed by atoms with E-state index in [1.54, 1.807) is 0 Å². The van der Waals surface area contributed by atoms with Gasteiger partial charge in [0.25, 0.3) is 0 Å². The van der Waals surface area contributed by atoms with E-state index in [2.05, 4.69) is 30.4 Å². The van der Waals surface area contributed by atoms with Gasteiger partial charge < -0.3 is 11.1 Å². The van der Waals surface area contributed by atoms with Crippen LogP contribution in [0.2, 0.25) is 0 Å². The fourth-order valence-corrected chi connectivity index (χ4v) is 2.12. The number of benzene rings is 1. The highest BCUT2D eigenvalue weighted by molar-refractivity contribution is 5.56. The van der Waals surface area contributed by atoms with Crippen LogP contribution in [0.15, 0.2) is 18.2 Å². The lowest BCUT2D eigenvalue weighted by Crippen LogP contribution is -2.11. The largest absolute Gasteiger partial charge is 0.384 e. The van der Waals surface area contributed by atoms with Crippen molar-refractivity contribution in [1.29, 1.82) is 0 Å². The van der Waals surface area contributed by atoms with Crippen molar-refractivity contribution in [3.63, 3.8) is 0 Å². The first-order valence-corrected chi connectivity index (χ1v) is 5.42. The first-order valence-electron chi connectivity index (χ1n) is 5.42. The number of hydrogen-bond donors (Lipinski definition) is 2. The van der Waals surface area contributed by atoms with Crippen molar-refractivity contribution in [3.05, 3.63) is 29.3 Å². The van der Waals surface area contributed by atoms with E-state index in [0.29, 0.717) is 5.92 Å². The van der Waals surface area contributed by atoms with E-state index >= 15 is 0 Å². The minimum atomic E-state index is 0.529. The molecule has 2 heteroatoms. The molecular formula is C12H18N2. The van der Waals surface area contributed by atoms with E-state index in [0.717, 1.165) is 25.9 Å². The Bertz CT molecular complexity index is 316. The van der Waals surface area contributed by atoms with E-state index in [4.69, 9.17) is 5.73 Å². The van der Waals surface area contributed by atoms with Crippen LogP contribution in [0.1, 0.15) is 30.4 Å². The molecule has 1 unspecified atom stereocenters. The maximum absolute atomic E-state index is 5.74. The molecule has 1 aromatic carbocycles. The molecule has 0 aliphatic carbocycles. The van der Waals surface area contributed by atoms with Crippen LogP contribution in [0.4, 0.5) is 5.69 Å². The second-order valence-corrected chi connectivity index (χ2v) is 3.93. The SMILES string of the molecule is CCC(CN)c1ccc2c(c1)CCN2. The van der Waals surface area contributed by atoms with Crippen LogP contribution >= 0.6 is 0 Å². The maximum Gasteiger partial charge on any atom is 0.0373 e. The summed E-state index contributed by atoms with van der Waals surface area (Å²) in [4.78, 5) is 0. The number of hydrogen-bond acceptors (Lipinski definition) is 2. The molecule has 0 bridgehead atoms. The molecule has 76 valence electrons. The molecule has 14 heavy (non-hydrogen) atoms. The van der Waals surface area contributed by atoms with Gasteiger partial charge in [0.05, 0.1) is 0 Å². The Morgan fingerprint density at radius 2 is 2.36 bits per heavy atom. The van der Waals surface area contributed by atoms with Crippen molar-refractivity contribution in [2.75, 3.05) is 18.4 Å². The van der Waals surface area contributed by atoms with Gasteiger partial charge in [-0.15, -0.1) is 0 Å². The molecule has 0 saturated heterocycles. The molecule has 1 heterocycles. The number of nitrogens with two attached hydrogens (primary N) is 1. The molecule has 1 aromatic rings. The fourth-order valence-electron chi connectivity index (χ4n) is 2.12. The third-order valence-electron chi connectivity index (χ3n) is 3.09. The van der Waals surface area contributed by atoms with Crippen molar-refractivity contribution in [2.24, 2.45) is 5.73 Å². The van der Waals surface area contributed by atoms with Crippen LogP contribution in [-0.2, 0) is 6.42 Å². The smallest absolute Gasteiger partial charge is 0.0373 e. The Morgan fingerprint density at radius 3 is 3.07 bits per heavy atom. The van der Waals surface area contributed by atoms with Gasteiger partial charge in [0.15, 0.2) is 0 Å². The van der Waals surface area contributed by atoms with E-state index < -0.39 is 0 Å². The first kappa shape index (κ1) is 9.53. The summed E-state index contributed by atoms with van der Waals surface area (Å²) >= 11 is 0. The topological polar surface area (TPSA) is 38.0 Å². The van der Waals surface area contributed by atoms with Gasteiger partial charge in [-0.05, 0) is 42.5 Å². The van der Waals surface area contributed by atoms with Crippen LogP contribution in [0.3, 0.4) is 0 Å². The summed E-state index contributed by atoms with van der Waals surface area (Å²) in [6.45, 7) is 4.03. The van der Waals surface area contributed by atoms with Gasteiger partial charge in [-0.25, -0.2) is 0 Å². The summed E-state index contributed by atoms with van der Waals surface area (Å²) in [5.74, 6) is 0.529. The molecular weight excluding hydrogens is 172 g/mol. The molecule has 0 saturated carbocycles. The van der Waals surface area contributed by atoms with E-state index in [1.165, 1.54) is 16.8 Å². The zero-order chi connectivity index (χ0) is 9.97. The Kier molecular flexibility index (Phi) is 2.73. The van der Waals surface area contributed by atoms with Gasteiger partial charge in [0, 0.05) is 12.2 Å². The van der Waals surface area contributed by atoms with Gasteiger partial charge in [0.1, 0.15) is 0 Å². The number of fused-ring (bicyclic) bond motifs is 1. The van der Waals surface area contributed by atoms with Crippen LogP contribution < -0.4 is 11.1 Å². The highest BCUT2D eigenvalue weighted by Gasteiger charge is 2.13. The highest BCUT2D eigenvalue weighted by atomic mass is 14.9. The minimum absolute atomic E-state index is 0.529. The van der Waals surface area contributed by atoms with Gasteiger partial charge in [-0.3, -0.25) is 0 Å². The Balaban J connectivity index is 2.27. The minimum Gasteiger partial charge on any atom is -0.384 e. The summed E-state index contributed by atoms with van der Waals surface area (Å²) in [5.41, 5.74) is 9.90. The van der Waals surface area contributed by atoms with Crippen molar-refractivity contribution < 1.29 is 0 Å². The highest BCUT2D eigenvalue weighted by Crippen LogP contribution is 2.27. The summed E-state index contributed by atoms with van der Waals surface area (Å²) < 4.78 is 0. The zero-order valence-corrected chi connectivity index (χ0v) is 8.72. The Labute approximate surface area is 85.5 Å². The average Bonchev–Trinajstić information content (AvgIpc) is 2.66. The second-order valence-electron chi connectivity index (χ2n) is 3.93. The van der Waals surface area contributed by atoms with E-state index in [-0.39, 0.29) is 0 Å². The van der Waals surface area contributed by atoms with Crippen LogP contribution in [0, 0.1) is 0 Å². The van der Waals surface area contributed by atoms with Crippen molar-refractivity contribution in [2.45, 2.75) is 25.7 Å². The molecule has 1 aliphatic heterocycles. The monoisotopic (exact) mass is 190 g/mol. The molecule has 0 aromatic heterocycles. The van der Waals surface area contributed by atoms with E-state index in [1.807, 2.05) is 0 Å². The lowest BCUT2D eigenvalue weighted by Gasteiger charge is -2.13. The standard InChI is InChI=1S/C12H18N2/c1-2-9(8-13)10-3-4-12-11(7-10)5-6-14-12/h3-4,7,9,14H,2,5-6,8,13H2,1H3. The van der Waals surface area contributed by atoms with Gasteiger partial charge >= 0.3 is 0 Å². The van der Waals surface area contributed by atoms with Gasteiger partial charge in [-0.2, -0.15) is 0 Å². The number of anilines is 1.